The van der Waals surface area contributed by atoms with Gasteiger partial charge in [0.05, 0.1) is 15.6 Å². The summed E-state index contributed by atoms with van der Waals surface area (Å²) in [6, 6.07) is 4.91. The van der Waals surface area contributed by atoms with Gasteiger partial charge in [-0.2, -0.15) is 0 Å². The number of benzene rings is 1. The van der Waals surface area contributed by atoms with E-state index in [0.29, 0.717) is 15.7 Å². The Bertz CT molecular complexity index is 600. The highest BCUT2D eigenvalue weighted by atomic mass is 35.5. The molecule has 100 valence electrons. The summed E-state index contributed by atoms with van der Waals surface area (Å²) in [6.45, 7) is 2.06. The van der Waals surface area contributed by atoms with Gasteiger partial charge >= 0.3 is 0 Å². The lowest BCUT2D eigenvalue weighted by molar-refractivity contribution is 0.102. The summed E-state index contributed by atoms with van der Waals surface area (Å²) in [5.41, 5.74) is 0.321. The summed E-state index contributed by atoms with van der Waals surface area (Å²) in [5.74, 6) is -0.341. The minimum Gasteiger partial charge on any atom is -0.296 e. The molecule has 2 aromatic rings. The first-order valence-electron chi connectivity index (χ1n) is 5.69. The van der Waals surface area contributed by atoms with Gasteiger partial charge in [-0.3, -0.25) is 10.1 Å². The van der Waals surface area contributed by atoms with Gasteiger partial charge in [0.25, 0.3) is 5.91 Å². The molecule has 19 heavy (non-hydrogen) atoms. The topological polar surface area (TPSA) is 54.9 Å². The number of hydrogen-bond donors (Lipinski definition) is 1. The maximum atomic E-state index is 12.0. The number of amides is 1. The highest BCUT2D eigenvalue weighted by Crippen LogP contribution is 2.26. The zero-order valence-electron chi connectivity index (χ0n) is 10.1. The van der Waals surface area contributed by atoms with E-state index in [1.165, 1.54) is 11.3 Å². The van der Waals surface area contributed by atoms with Crippen LogP contribution in [-0.4, -0.2) is 16.1 Å². The van der Waals surface area contributed by atoms with Crippen LogP contribution >= 0.6 is 34.5 Å². The number of anilines is 1. The van der Waals surface area contributed by atoms with Crippen LogP contribution in [0.4, 0.5) is 5.13 Å². The minimum absolute atomic E-state index is 0.236. The van der Waals surface area contributed by atoms with Gasteiger partial charge in [-0.05, 0) is 18.6 Å². The van der Waals surface area contributed by atoms with Crippen molar-refractivity contribution < 1.29 is 4.79 Å². The van der Waals surface area contributed by atoms with Crippen molar-refractivity contribution >= 4 is 45.6 Å². The quantitative estimate of drug-likeness (QED) is 0.926. The van der Waals surface area contributed by atoms with Crippen LogP contribution in [0.5, 0.6) is 0 Å². The Labute approximate surface area is 124 Å². The first-order valence-corrected chi connectivity index (χ1v) is 7.26. The molecule has 1 heterocycles. The summed E-state index contributed by atoms with van der Waals surface area (Å²) < 4.78 is 0. The fourth-order valence-electron chi connectivity index (χ4n) is 1.46. The maximum Gasteiger partial charge on any atom is 0.259 e. The molecule has 0 saturated heterocycles. The van der Waals surface area contributed by atoms with Crippen LogP contribution in [0.25, 0.3) is 0 Å². The van der Waals surface area contributed by atoms with Gasteiger partial charge in [0.15, 0.2) is 0 Å². The van der Waals surface area contributed by atoms with E-state index in [1.807, 2.05) is 0 Å². The molecule has 4 nitrogen and oxygen atoms in total. The van der Waals surface area contributed by atoms with Crippen molar-refractivity contribution in [3.8, 4) is 0 Å². The molecule has 1 aromatic carbocycles. The third kappa shape index (κ3) is 3.43. The molecule has 0 bridgehead atoms. The summed E-state index contributed by atoms with van der Waals surface area (Å²) in [6.07, 6.45) is 1.84. The molecule has 0 aliphatic rings. The normalized spacial score (nSPS) is 10.5. The Kier molecular flexibility index (Phi) is 4.74. The molecule has 0 radical (unpaired) electrons. The average molecular weight is 316 g/mol. The van der Waals surface area contributed by atoms with E-state index in [-0.39, 0.29) is 10.9 Å². The highest BCUT2D eigenvalue weighted by Gasteiger charge is 2.14. The molecule has 1 amide bonds. The molecule has 2 rings (SSSR count). The van der Waals surface area contributed by atoms with E-state index in [4.69, 9.17) is 23.2 Å². The number of nitrogens with zero attached hydrogens (tertiary/aromatic N) is 2. The predicted molar refractivity (Wildman–Crippen MR) is 78.3 cm³/mol. The van der Waals surface area contributed by atoms with Crippen molar-refractivity contribution in [2.24, 2.45) is 0 Å². The molecule has 0 saturated carbocycles. The number of hydrogen-bond acceptors (Lipinski definition) is 4. The summed E-state index contributed by atoms with van der Waals surface area (Å²) in [7, 11) is 0. The van der Waals surface area contributed by atoms with Gasteiger partial charge in [0, 0.05) is 6.42 Å². The monoisotopic (exact) mass is 315 g/mol. The molecule has 1 aromatic heterocycles. The number of halogens is 2. The second kappa shape index (κ2) is 6.32. The van der Waals surface area contributed by atoms with E-state index in [2.05, 4.69) is 22.4 Å². The molecule has 7 heteroatoms. The summed E-state index contributed by atoms with van der Waals surface area (Å²) >= 11 is 13.2. The Morgan fingerprint density at radius 1 is 1.37 bits per heavy atom. The predicted octanol–water partition coefficient (Wildman–Crippen LogP) is 4.05. The fourth-order valence-corrected chi connectivity index (χ4v) is 2.69. The van der Waals surface area contributed by atoms with E-state index < -0.39 is 0 Å². The van der Waals surface area contributed by atoms with Crippen LogP contribution in [0.15, 0.2) is 18.2 Å². The highest BCUT2D eigenvalue weighted by molar-refractivity contribution is 7.15. The second-order valence-electron chi connectivity index (χ2n) is 3.81. The van der Waals surface area contributed by atoms with E-state index in [0.717, 1.165) is 17.8 Å². The molecule has 1 N–H and O–H groups in total. The number of aromatic nitrogens is 2. The first kappa shape index (κ1) is 14.2. The Morgan fingerprint density at radius 3 is 2.89 bits per heavy atom. The van der Waals surface area contributed by atoms with E-state index >= 15 is 0 Å². The number of carbonyl (C=O) groups is 1. The fraction of sp³-hybridized carbons (Fsp3) is 0.250. The Balaban J connectivity index is 2.14. The van der Waals surface area contributed by atoms with Crippen molar-refractivity contribution in [2.45, 2.75) is 19.8 Å². The molecular formula is C12H11Cl2N3OS. The SMILES string of the molecule is CCCc1nnc(NC(=O)c2cccc(Cl)c2Cl)s1. The van der Waals surface area contributed by atoms with Gasteiger partial charge < -0.3 is 0 Å². The van der Waals surface area contributed by atoms with E-state index in [9.17, 15) is 4.79 Å². The molecule has 0 fully saturated rings. The van der Waals surface area contributed by atoms with Crippen molar-refractivity contribution in [2.75, 3.05) is 5.32 Å². The lowest BCUT2D eigenvalue weighted by atomic mass is 10.2. The summed E-state index contributed by atoms with van der Waals surface area (Å²) in [5, 5.41) is 12.5. The first-order chi connectivity index (χ1) is 9.11. The molecule has 0 spiro atoms. The molecular weight excluding hydrogens is 305 g/mol. The van der Waals surface area contributed by atoms with Gasteiger partial charge in [-0.25, -0.2) is 0 Å². The number of carbonyl (C=O) groups excluding carboxylic acids is 1. The Hall–Kier alpha value is -1.17. The largest absolute Gasteiger partial charge is 0.296 e. The van der Waals surface area contributed by atoms with Crippen molar-refractivity contribution in [1.29, 1.82) is 0 Å². The van der Waals surface area contributed by atoms with Gasteiger partial charge in [-0.1, -0.05) is 47.5 Å². The van der Waals surface area contributed by atoms with E-state index in [1.54, 1.807) is 18.2 Å². The standard InChI is InChI=1S/C12H11Cl2N3OS/c1-2-4-9-16-17-12(19-9)15-11(18)7-5-3-6-8(13)10(7)14/h3,5-6H,2,4H2,1H3,(H,15,17,18). The third-order valence-corrected chi connectivity index (χ3v) is 4.06. The smallest absolute Gasteiger partial charge is 0.259 e. The third-order valence-electron chi connectivity index (χ3n) is 2.35. The second-order valence-corrected chi connectivity index (χ2v) is 5.65. The van der Waals surface area contributed by atoms with Crippen molar-refractivity contribution in [3.05, 3.63) is 38.8 Å². The zero-order valence-corrected chi connectivity index (χ0v) is 12.4. The van der Waals surface area contributed by atoms with Crippen LogP contribution in [0, 0.1) is 0 Å². The van der Waals surface area contributed by atoms with Gasteiger partial charge in [-0.15, -0.1) is 10.2 Å². The summed E-state index contributed by atoms with van der Waals surface area (Å²) in [4.78, 5) is 12.0. The van der Waals surface area contributed by atoms with Crippen LogP contribution in [-0.2, 0) is 6.42 Å². The average Bonchev–Trinajstić information content (AvgIpc) is 2.80. The lowest BCUT2D eigenvalue weighted by Crippen LogP contribution is -2.12. The minimum atomic E-state index is -0.341. The van der Waals surface area contributed by atoms with Gasteiger partial charge in [0.1, 0.15) is 5.01 Å². The number of rotatable bonds is 4. The van der Waals surface area contributed by atoms with Crippen LogP contribution in [0.2, 0.25) is 10.0 Å². The van der Waals surface area contributed by atoms with Crippen molar-refractivity contribution in [3.63, 3.8) is 0 Å². The molecule has 0 atom stereocenters. The van der Waals surface area contributed by atoms with Crippen LogP contribution in [0.1, 0.15) is 28.7 Å². The number of aryl methyl sites for hydroxylation is 1. The molecule has 0 unspecified atom stereocenters. The van der Waals surface area contributed by atoms with Gasteiger partial charge in [0.2, 0.25) is 5.13 Å². The maximum absolute atomic E-state index is 12.0. The van der Waals surface area contributed by atoms with Crippen LogP contribution < -0.4 is 5.32 Å². The lowest BCUT2D eigenvalue weighted by Gasteiger charge is -2.04. The number of nitrogens with one attached hydrogen (secondary N) is 1. The van der Waals surface area contributed by atoms with Crippen LogP contribution in [0.3, 0.4) is 0 Å². The Morgan fingerprint density at radius 2 is 2.16 bits per heavy atom. The van der Waals surface area contributed by atoms with Crippen molar-refractivity contribution in [1.82, 2.24) is 10.2 Å². The molecule has 0 aliphatic carbocycles. The zero-order chi connectivity index (χ0) is 13.8. The molecule has 0 aliphatic heterocycles.